The van der Waals surface area contributed by atoms with Crippen molar-refractivity contribution < 1.29 is 9.21 Å². The summed E-state index contributed by atoms with van der Waals surface area (Å²) in [5.74, 6) is 2.06. The number of anilines is 1. The summed E-state index contributed by atoms with van der Waals surface area (Å²) in [7, 11) is 0. The molecule has 0 atom stereocenters. The number of amides is 2. The lowest BCUT2D eigenvalue weighted by atomic mass is 9.96. The van der Waals surface area contributed by atoms with E-state index in [1.165, 1.54) is 19.3 Å². The van der Waals surface area contributed by atoms with Gasteiger partial charge in [0.05, 0.1) is 6.26 Å². The molecule has 0 aromatic carbocycles. The van der Waals surface area contributed by atoms with Crippen LogP contribution in [0.3, 0.4) is 0 Å². The first-order chi connectivity index (χ1) is 14.3. The van der Waals surface area contributed by atoms with Gasteiger partial charge in [-0.15, -0.1) is 15.3 Å². The van der Waals surface area contributed by atoms with Crippen molar-refractivity contribution >= 4 is 17.5 Å². The Balaban J connectivity index is 1.25. The van der Waals surface area contributed by atoms with Gasteiger partial charge in [0.1, 0.15) is 5.82 Å². The summed E-state index contributed by atoms with van der Waals surface area (Å²) >= 11 is 0. The largest absolute Gasteiger partial charge is 0.461 e. The molecule has 0 radical (unpaired) electrons. The van der Waals surface area contributed by atoms with E-state index in [-0.39, 0.29) is 6.03 Å². The fourth-order valence-corrected chi connectivity index (χ4v) is 4.16. The van der Waals surface area contributed by atoms with Crippen LogP contribution in [0, 0.1) is 0 Å². The summed E-state index contributed by atoms with van der Waals surface area (Å²) in [6, 6.07) is 7.93. The van der Waals surface area contributed by atoms with E-state index >= 15 is 0 Å². The topological polar surface area (TPSA) is 91.8 Å². The molecule has 1 N–H and O–H groups in total. The highest BCUT2D eigenvalue weighted by molar-refractivity contribution is 5.75. The van der Waals surface area contributed by atoms with Gasteiger partial charge in [-0.1, -0.05) is 19.3 Å². The molecule has 2 aliphatic rings. The Kier molecular flexibility index (Phi) is 4.79. The number of nitrogens with one attached hydrogen (secondary N) is 1. The number of carbonyl (C=O) groups excluding carboxylic acids is 1. The number of hydrogen-bond acceptors (Lipinski definition) is 6. The molecule has 5 rings (SSSR count). The van der Waals surface area contributed by atoms with E-state index in [1.54, 1.807) is 10.8 Å². The van der Waals surface area contributed by atoms with E-state index in [4.69, 9.17) is 9.52 Å². The fraction of sp³-hybridized carbons (Fsp3) is 0.500. The smallest absolute Gasteiger partial charge is 0.317 e. The molecule has 0 unspecified atom stereocenters. The number of rotatable bonds is 3. The molecule has 1 saturated heterocycles. The Labute approximate surface area is 168 Å². The average Bonchev–Trinajstić information content (AvgIpc) is 3.44. The number of urea groups is 1. The first kappa shape index (κ1) is 18.0. The molecule has 4 heterocycles. The molecule has 0 bridgehead atoms. The second-order valence-corrected chi connectivity index (χ2v) is 7.72. The molecule has 1 saturated carbocycles. The van der Waals surface area contributed by atoms with Crippen LogP contribution in [0.5, 0.6) is 0 Å². The molecule has 9 heteroatoms. The van der Waals surface area contributed by atoms with Gasteiger partial charge in [0.15, 0.2) is 11.4 Å². The van der Waals surface area contributed by atoms with Gasteiger partial charge in [0, 0.05) is 32.2 Å². The number of carbonyl (C=O) groups is 1. The molecule has 29 heavy (non-hydrogen) atoms. The summed E-state index contributed by atoms with van der Waals surface area (Å²) in [4.78, 5) is 16.7. The average molecular weight is 395 g/mol. The van der Waals surface area contributed by atoms with Crippen molar-refractivity contribution in [2.75, 3.05) is 31.1 Å². The minimum absolute atomic E-state index is 0.0684. The summed E-state index contributed by atoms with van der Waals surface area (Å²) in [5, 5.41) is 16.3. The van der Waals surface area contributed by atoms with Crippen LogP contribution in [-0.4, -0.2) is 63.0 Å². The van der Waals surface area contributed by atoms with Crippen molar-refractivity contribution in [2.24, 2.45) is 0 Å². The Bertz CT molecular complexity index is 970. The second kappa shape index (κ2) is 7.73. The molecule has 3 aromatic heterocycles. The van der Waals surface area contributed by atoms with Crippen LogP contribution in [-0.2, 0) is 0 Å². The number of nitrogens with zero attached hydrogens (tertiary/aromatic N) is 6. The van der Waals surface area contributed by atoms with Crippen molar-refractivity contribution in [1.82, 2.24) is 30.0 Å². The van der Waals surface area contributed by atoms with Crippen molar-refractivity contribution in [2.45, 2.75) is 38.1 Å². The third-order valence-electron chi connectivity index (χ3n) is 5.81. The van der Waals surface area contributed by atoms with Crippen LogP contribution in [0.1, 0.15) is 32.1 Å². The minimum Gasteiger partial charge on any atom is -0.461 e. The molecule has 9 nitrogen and oxygen atoms in total. The second-order valence-electron chi connectivity index (χ2n) is 7.72. The standard InChI is InChI=1S/C20H25N7O2/c28-20(21-15-5-2-1-3-6-15)26-12-10-25(11-13-26)18-9-8-17-22-23-19(27(17)24-18)16-7-4-14-29-16/h4,7-9,14-15H,1-3,5-6,10-13H2,(H,21,28). The van der Waals surface area contributed by atoms with Gasteiger partial charge < -0.3 is 19.5 Å². The Morgan fingerprint density at radius 2 is 1.86 bits per heavy atom. The van der Waals surface area contributed by atoms with Crippen LogP contribution in [0.15, 0.2) is 34.9 Å². The van der Waals surface area contributed by atoms with Crippen LogP contribution >= 0.6 is 0 Å². The maximum Gasteiger partial charge on any atom is 0.317 e. The quantitative estimate of drug-likeness (QED) is 0.733. The summed E-state index contributed by atoms with van der Waals surface area (Å²) in [6.07, 6.45) is 7.54. The molecule has 2 amide bonds. The zero-order chi connectivity index (χ0) is 19.6. The van der Waals surface area contributed by atoms with Crippen molar-refractivity contribution in [3.05, 3.63) is 30.5 Å². The number of aromatic nitrogens is 4. The highest BCUT2D eigenvalue weighted by Gasteiger charge is 2.25. The Morgan fingerprint density at radius 1 is 1.03 bits per heavy atom. The van der Waals surface area contributed by atoms with Crippen molar-refractivity contribution in [1.29, 1.82) is 0 Å². The number of piperazine rings is 1. The maximum absolute atomic E-state index is 12.6. The van der Waals surface area contributed by atoms with E-state index in [0.29, 0.717) is 36.4 Å². The number of furan rings is 1. The van der Waals surface area contributed by atoms with E-state index in [1.807, 2.05) is 29.2 Å². The van der Waals surface area contributed by atoms with Gasteiger partial charge in [-0.05, 0) is 37.1 Å². The lowest BCUT2D eigenvalue weighted by Gasteiger charge is -2.36. The molecule has 2 fully saturated rings. The summed E-state index contributed by atoms with van der Waals surface area (Å²) in [6.45, 7) is 2.86. The number of hydrogen-bond donors (Lipinski definition) is 1. The molecule has 0 spiro atoms. The first-order valence-corrected chi connectivity index (χ1v) is 10.3. The van der Waals surface area contributed by atoms with Crippen LogP contribution in [0.2, 0.25) is 0 Å². The summed E-state index contributed by atoms with van der Waals surface area (Å²) in [5.41, 5.74) is 0.672. The maximum atomic E-state index is 12.6. The van der Waals surface area contributed by atoms with Gasteiger partial charge in [-0.25, -0.2) is 4.79 Å². The minimum atomic E-state index is 0.0684. The SMILES string of the molecule is O=C(NC1CCCCC1)N1CCN(c2ccc3nnc(-c4ccco4)n3n2)CC1. The van der Waals surface area contributed by atoms with Gasteiger partial charge in [0.2, 0.25) is 5.82 Å². The predicted octanol–water partition coefficient (Wildman–Crippen LogP) is 2.55. The Hall–Kier alpha value is -3.10. The van der Waals surface area contributed by atoms with E-state index in [9.17, 15) is 4.79 Å². The molecular formula is C20H25N7O2. The molecular weight excluding hydrogens is 370 g/mol. The summed E-state index contributed by atoms with van der Waals surface area (Å²) < 4.78 is 7.15. The number of fused-ring (bicyclic) bond motifs is 1. The van der Waals surface area contributed by atoms with E-state index < -0.39 is 0 Å². The van der Waals surface area contributed by atoms with E-state index in [0.717, 1.165) is 31.7 Å². The molecule has 3 aromatic rings. The van der Waals surface area contributed by atoms with Gasteiger partial charge >= 0.3 is 6.03 Å². The zero-order valence-corrected chi connectivity index (χ0v) is 16.3. The van der Waals surface area contributed by atoms with Crippen LogP contribution in [0.25, 0.3) is 17.2 Å². The monoisotopic (exact) mass is 395 g/mol. The normalized spacial score (nSPS) is 18.3. The molecule has 1 aliphatic carbocycles. The van der Waals surface area contributed by atoms with Gasteiger partial charge in [-0.2, -0.15) is 4.52 Å². The third kappa shape index (κ3) is 3.64. The fourth-order valence-electron chi connectivity index (χ4n) is 4.16. The van der Waals surface area contributed by atoms with Crippen LogP contribution in [0.4, 0.5) is 10.6 Å². The van der Waals surface area contributed by atoms with Crippen molar-refractivity contribution in [3.63, 3.8) is 0 Å². The Morgan fingerprint density at radius 3 is 2.62 bits per heavy atom. The van der Waals surface area contributed by atoms with Crippen LogP contribution < -0.4 is 10.2 Å². The highest BCUT2D eigenvalue weighted by Crippen LogP contribution is 2.21. The third-order valence-corrected chi connectivity index (χ3v) is 5.81. The first-order valence-electron chi connectivity index (χ1n) is 10.3. The molecule has 1 aliphatic heterocycles. The predicted molar refractivity (Wildman–Crippen MR) is 108 cm³/mol. The van der Waals surface area contributed by atoms with Gasteiger partial charge in [0.25, 0.3) is 0 Å². The lowest BCUT2D eigenvalue weighted by molar-refractivity contribution is 0.186. The van der Waals surface area contributed by atoms with Gasteiger partial charge in [-0.3, -0.25) is 0 Å². The highest BCUT2D eigenvalue weighted by atomic mass is 16.3. The van der Waals surface area contributed by atoms with Crippen molar-refractivity contribution in [3.8, 4) is 11.6 Å². The lowest BCUT2D eigenvalue weighted by Crippen LogP contribution is -2.53. The van der Waals surface area contributed by atoms with E-state index in [2.05, 4.69) is 20.4 Å². The molecule has 152 valence electrons. The zero-order valence-electron chi connectivity index (χ0n) is 16.3.